The number of pyridine rings is 1. The van der Waals surface area contributed by atoms with Crippen LogP contribution in [-0.4, -0.2) is 30.4 Å². The predicted octanol–water partition coefficient (Wildman–Crippen LogP) is 3.55. The second-order valence-corrected chi connectivity index (χ2v) is 7.24. The average molecular weight is 405 g/mol. The summed E-state index contributed by atoms with van der Waals surface area (Å²) in [7, 11) is -4.75. The molecule has 0 fully saturated rings. The molecule has 1 aromatic heterocycles. The fourth-order valence-corrected chi connectivity index (χ4v) is 4.05. The number of benzene rings is 1. The molecule has 27 heavy (non-hydrogen) atoms. The molecule has 0 aliphatic heterocycles. The lowest BCUT2D eigenvalue weighted by molar-refractivity contribution is -0.173. The molecule has 1 atom stereocenters. The zero-order chi connectivity index (χ0) is 20.4. The normalized spacial score (nSPS) is 13.4. The summed E-state index contributed by atoms with van der Waals surface area (Å²) in [5.41, 5.74) is -0.945. The van der Waals surface area contributed by atoms with Crippen molar-refractivity contribution in [3.05, 3.63) is 59.4 Å². The van der Waals surface area contributed by atoms with Gasteiger partial charge in [0.2, 0.25) is 10.0 Å². The molecule has 0 N–H and O–H groups in total. The van der Waals surface area contributed by atoms with Crippen LogP contribution in [0.3, 0.4) is 0 Å². The molecule has 0 saturated carbocycles. The third-order valence-electron chi connectivity index (χ3n) is 3.62. The number of aromatic nitrogens is 1. The van der Waals surface area contributed by atoms with Crippen molar-refractivity contribution in [3.63, 3.8) is 0 Å². The molecule has 0 amide bonds. The Labute approximate surface area is 151 Å². The summed E-state index contributed by atoms with van der Waals surface area (Å²) in [6, 6.07) is 1.22. The fraction of sp³-hybridized carbons (Fsp3) is 0.250. The van der Waals surface area contributed by atoms with Gasteiger partial charge in [-0.1, -0.05) is 13.0 Å². The van der Waals surface area contributed by atoms with E-state index in [9.17, 15) is 30.4 Å². The van der Waals surface area contributed by atoms with Crippen molar-refractivity contribution in [2.24, 2.45) is 0 Å². The van der Waals surface area contributed by atoms with Gasteiger partial charge in [-0.3, -0.25) is 4.98 Å². The monoisotopic (exact) mass is 405 g/mol. The van der Waals surface area contributed by atoms with E-state index in [4.69, 9.17) is 5.26 Å². The Morgan fingerprint density at radius 3 is 2.37 bits per heavy atom. The zero-order valence-electron chi connectivity index (χ0n) is 13.7. The summed E-state index contributed by atoms with van der Waals surface area (Å²) >= 11 is 0. The van der Waals surface area contributed by atoms with Crippen molar-refractivity contribution in [1.29, 1.82) is 5.26 Å². The molecular formula is C16H12F5N3O2S. The summed E-state index contributed by atoms with van der Waals surface area (Å²) < 4.78 is 93.2. The third-order valence-corrected chi connectivity index (χ3v) is 5.52. The number of nitriles is 1. The van der Waals surface area contributed by atoms with E-state index in [1.807, 2.05) is 0 Å². The largest absolute Gasteiger partial charge is 0.409 e. The maximum atomic E-state index is 13.7. The number of rotatable bonds is 5. The molecule has 0 unspecified atom stereocenters. The van der Waals surface area contributed by atoms with Gasteiger partial charge < -0.3 is 0 Å². The zero-order valence-corrected chi connectivity index (χ0v) is 14.5. The smallest absolute Gasteiger partial charge is 0.262 e. The van der Waals surface area contributed by atoms with Crippen LogP contribution in [0.25, 0.3) is 0 Å². The van der Waals surface area contributed by atoms with Gasteiger partial charge in [0, 0.05) is 18.9 Å². The summed E-state index contributed by atoms with van der Waals surface area (Å²) in [5.74, 6) is -2.90. The van der Waals surface area contributed by atoms with E-state index in [-0.39, 0.29) is 9.87 Å². The summed E-state index contributed by atoms with van der Waals surface area (Å²) in [4.78, 5) is 2.91. The highest BCUT2D eigenvalue weighted by molar-refractivity contribution is 7.89. The first kappa shape index (κ1) is 20.7. The van der Waals surface area contributed by atoms with Crippen LogP contribution in [0.1, 0.15) is 24.1 Å². The second-order valence-electron chi connectivity index (χ2n) is 5.35. The molecule has 0 saturated heterocycles. The lowest BCUT2D eigenvalue weighted by Gasteiger charge is -2.31. The van der Waals surface area contributed by atoms with Crippen molar-refractivity contribution in [2.75, 3.05) is 6.54 Å². The van der Waals surface area contributed by atoms with Crippen LogP contribution in [0.5, 0.6) is 0 Å². The number of sulfonamides is 1. The Balaban J connectivity index is 2.64. The molecule has 2 rings (SSSR count). The molecule has 0 spiro atoms. The molecule has 0 bridgehead atoms. The van der Waals surface area contributed by atoms with E-state index in [0.29, 0.717) is 18.2 Å². The van der Waals surface area contributed by atoms with Crippen LogP contribution in [0, 0.1) is 23.0 Å². The summed E-state index contributed by atoms with van der Waals surface area (Å²) in [6.45, 7) is 0.542. The van der Waals surface area contributed by atoms with Crippen molar-refractivity contribution in [2.45, 2.75) is 24.0 Å². The number of nitrogens with zero attached hydrogens (tertiary/aromatic N) is 3. The van der Waals surface area contributed by atoms with Gasteiger partial charge >= 0.3 is 6.18 Å². The van der Waals surface area contributed by atoms with Gasteiger partial charge in [0.25, 0.3) is 0 Å². The summed E-state index contributed by atoms with van der Waals surface area (Å²) in [5, 5.41) is 8.84. The number of alkyl halides is 3. The van der Waals surface area contributed by atoms with Crippen molar-refractivity contribution in [1.82, 2.24) is 9.29 Å². The van der Waals surface area contributed by atoms with Gasteiger partial charge in [0.15, 0.2) is 11.6 Å². The van der Waals surface area contributed by atoms with Crippen molar-refractivity contribution < 1.29 is 30.4 Å². The van der Waals surface area contributed by atoms with E-state index in [2.05, 4.69) is 4.98 Å². The molecule has 5 nitrogen and oxygen atoms in total. The molecule has 0 aliphatic carbocycles. The highest BCUT2D eigenvalue weighted by atomic mass is 32.2. The van der Waals surface area contributed by atoms with Crippen molar-refractivity contribution >= 4 is 10.0 Å². The predicted molar refractivity (Wildman–Crippen MR) is 83.7 cm³/mol. The van der Waals surface area contributed by atoms with Crippen LogP contribution in [0.4, 0.5) is 22.0 Å². The molecule has 2 aromatic rings. The molecule has 1 heterocycles. The minimum absolute atomic E-state index is 0.0951. The lowest BCUT2D eigenvalue weighted by Crippen LogP contribution is -2.42. The van der Waals surface area contributed by atoms with Crippen molar-refractivity contribution in [3.8, 4) is 6.07 Å². The third kappa shape index (κ3) is 4.23. The summed E-state index contributed by atoms with van der Waals surface area (Å²) in [6.07, 6.45) is -3.27. The van der Waals surface area contributed by atoms with E-state index in [1.54, 1.807) is 6.07 Å². The topological polar surface area (TPSA) is 74.1 Å². The minimum atomic E-state index is -5.12. The number of halogens is 5. The molecule has 0 aliphatic rings. The fourth-order valence-electron chi connectivity index (χ4n) is 2.45. The van der Waals surface area contributed by atoms with Gasteiger partial charge in [0.05, 0.1) is 5.56 Å². The van der Waals surface area contributed by atoms with Gasteiger partial charge in [0.1, 0.15) is 17.0 Å². The van der Waals surface area contributed by atoms with Gasteiger partial charge in [-0.15, -0.1) is 0 Å². The quantitative estimate of drug-likeness (QED) is 0.714. The van der Waals surface area contributed by atoms with Crippen LogP contribution in [0.2, 0.25) is 0 Å². The second kappa shape index (κ2) is 7.58. The maximum Gasteiger partial charge on any atom is 0.409 e. The Kier molecular flexibility index (Phi) is 5.82. The van der Waals surface area contributed by atoms with Crippen LogP contribution in [-0.2, 0) is 10.0 Å². The highest BCUT2D eigenvalue weighted by Gasteiger charge is 2.49. The van der Waals surface area contributed by atoms with Gasteiger partial charge in [-0.25, -0.2) is 17.2 Å². The lowest BCUT2D eigenvalue weighted by atomic mass is 10.1. The first-order chi connectivity index (χ1) is 12.5. The van der Waals surface area contributed by atoms with Gasteiger partial charge in [-0.2, -0.15) is 22.7 Å². The van der Waals surface area contributed by atoms with Crippen LogP contribution >= 0.6 is 0 Å². The Hall–Kier alpha value is -2.58. The maximum absolute atomic E-state index is 13.7. The molecular weight excluding hydrogens is 393 g/mol. The first-order valence-electron chi connectivity index (χ1n) is 7.41. The molecule has 144 valence electrons. The Morgan fingerprint density at radius 2 is 1.85 bits per heavy atom. The average Bonchev–Trinajstić information content (AvgIpc) is 2.61. The molecule has 1 aromatic carbocycles. The number of hydrogen-bond donors (Lipinski definition) is 0. The minimum Gasteiger partial charge on any atom is -0.262 e. The highest BCUT2D eigenvalue weighted by Crippen LogP contribution is 2.40. The standard InChI is InChI=1S/C16H12F5N3O2S/c1-2-24(27(25,26)12-5-10(7-22)8-23-9-12)15(16(19,20)21)11-3-4-13(17)14(18)6-11/h3-6,8-9,15H,2H2,1H3/t15-/m0/s1. The van der Waals surface area contributed by atoms with Gasteiger partial charge in [-0.05, 0) is 23.8 Å². The van der Waals surface area contributed by atoms with E-state index < -0.39 is 50.9 Å². The SMILES string of the molecule is CCN([C@@H](c1ccc(F)c(F)c1)C(F)(F)F)S(=O)(=O)c1cncc(C#N)c1. The molecule has 0 radical (unpaired) electrons. The van der Waals surface area contributed by atoms with E-state index >= 15 is 0 Å². The van der Waals surface area contributed by atoms with Crippen LogP contribution < -0.4 is 0 Å². The molecule has 11 heteroatoms. The number of hydrogen-bond acceptors (Lipinski definition) is 4. The van der Waals surface area contributed by atoms with E-state index in [1.165, 1.54) is 0 Å². The first-order valence-corrected chi connectivity index (χ1v) is 8.85. The van der Waals surface area contributed by atoms with Crippen LogP contribution in [0.15, 0.2) is 41.6 Å². The van der Waals surface area contributed by atoms with E-state index in [0.717, 1.165) is 25.4 Å². The Bertz CT molecular complexity index is 986. The Morgan fingerprint density at radius 1 is 1.19 bits per heavy atom.